The average Bonchev–Trinajstić information content (AvgIpc) is 2.62. The molecular weight excluding hydrogens is 324 g/mol. The van der Waals surface area contributed by atoms with Crippen LogP contribution in [0.1, 0.15) is 5.56 Å². The number of carbonyl (C=O) groups excluding carboxylic acids is 1. The van der Waals surface area contributed by atoms with Crippen LogP contribution in [0.4, 0.5) is 5.69 Å². The molecule has 0 atom stereocenters. The number of aromatic nitrogens is 1. The van der Waals surface area contributed by atoms with Crippen LogP contribution in [0.25, 0.3) is 10.9 Å². The van der Waals surface area contributed by atoms with Gasteiger partial charge in [-0.25, -0.2) is 0 Å². The highest BCUT2D eigenvalue weighted by atomic mass is 16.6. The fourth-order valence-corrected chi connectivity index (χ4v) is 2.48. The van der Waals surface area contributed by atoms with Gasteiger partial charge in [0, 0.05) is 23.6 Å². The van der Waals surface area contributed by atoms with Gasteiger partial charge in [0.2, 0.25) is 0 Å². The lowest BCUT2D eigenvalue weighted by Gasteiger charge is -2.10. The van der Waals surface area contributed by atoms with Crippen molar-refractivity contribution in [2.24, 2.45) is 0 Å². The van der Waals surface area contributed by atoms with Gasteiger partial charge < -0.3 is 4.74 Å². The van der Waals surface area contributed by atoms with Crippen LogP contribution in [-0.4, -0.2) is 15.5 Å². The standard InChI is InChI=1S/C18H14N2O5/c21-17-9-6-14-10-15(20(23)24)7-8-16(14)19(17)11-18(22)25-12-13-4-2-1-3-5-13/h1-10H,11-12H2. The van der Waals surface area contributed by atoms with E-state index in [2.05, 4.69) is 0 Å². The zero-order valence-electron chi connectivity index (χ0n) is 13.1. The van der Waals surface area contributed by atoms with E-state index in [1.807, 2.05) is 30.3 Å². The summed E-state index contributed by atoms with van der Waals surface area (Å²) in [5, 5.41) is 11.4. The Balaban J connectivity index is 1.82. The number of non-ortho nitro benzene ring substituents is 1. The fourth-order valence-electron chi connectivity index (χ4n) is 2.48. The molecule has 0 saturated carbocycles. The van der Waals surface area contributed by atoms with Crippen molar-refractivity contribution < 1.29 is 14.5 Å². The summed E-state index contributed by atoms with van der Waals surface area (Å²) in [5.74, 6) is -0.559. The maximum Gasteiger partial charge on any atom is 0.326 e. The molecule has 7 heteroatoms. The topological polar surface area (TPSA) is 91.4 Å². The number of fused-ring (bicyclic) bond motifs is 1. The Morgan fingerprint density at radius 1 is 1.08 bits per heavy atom. The average molecular weight is 338 g/mol. The lowest BCUT2D eigenvalue weighted by Crippen LogP contribution is -2.25. The number of nitro benzene ring substituents is 1. The first-order valence-electron chi connectivity index (χ1n) is 7.52. The van der Waals surface area contributed by atoms with E-state index in [1.165, 1.54) is 34.9 Å². The molecule has 3 rings (SSSR count). The fraction of sp³-hybridized carbons (Fsp3) is 0.111. The van der Waals surface area contributed by atoms with E-state index >= 15 is 0 Å². The number of nitro groups is 1. The Kier molecular flexibility index (Phi) is 4.56. The van der Waals surface area contributed by atoms with Crippen LogP contribution in [0.3, 0.4) is 0 Å². The summed E-state index contributed by atoms with van der Waals surface area (Å²) in [6.07, 6.45) is 0. The largest absolute Gasteiger partial charge is 0.459 e. The Morgan fingerprint density at radius 3 is 2.56 bits per heavy atom. The summed E-state index contributed by atoms with van der Waals surface area (Å²) in [6.45, 7) is -0.147. The first kappa shape index (κ1) is 16.4. The van der Waals surface area contributed by atoms with Gasteiger partial charge in [-0.1, -0.05) is 30.3 Å². The molecule has 0 spiro atoms. The molecule has 2 aromatic carbocycles. The molecule has 0 amide bonds. The summed E-state index contributed by atoms with van der Waals surface area (Å²) in [6, 6.07) is 16.1. The quantitative estimate of drug-likeness (QED) is 0.405. The minimum atomic E-state index is -0.559. The second kappa shape index (κ2) is 6.96. The molecule has 1 aromatic heterocycles. The van der Waals surface area contributed by atoms with Crippen LogP contribution < -0.4 is 5.56 Å². The van der Waals surface area contributed by atoms with E-state index in [1.54, 1.807) is 0 Å². The normalized spacial score (nSPS) is 10.6. The van der Waals surface area contributed by atoms with Gasteiger partial charge in [-0.3, -0.25) is 24.3 Å². The number of esters is 1. The maximum atomic E-state index is 12.1. The van der Waals surface area contributed by atoms with Gasteiger partial charge >= 0.3 is 5.97 Å². The molecule has 0 fully saturated rings. The van der Waals surface area contributed by atoms with Crippen LogP contribution in [0.2, 0.25) is 0 Å². The van der Waals surface area contributed by atoms with E-state index in [-0.39, 0.29) is 24.4 Å². The zero-order valence-corrected chi connectivity index (χ0v) is 13.1. The van der Waals surface area contributed by atoms with Crippen LogP contribution in [0.15, 0.2) is 65.5 Å². The van der Waals surface area contributed by atoms with Crippen molar-refractivity contribution in [3.8, 4) is 0 Å². The van der Waals surface area contributed by atoms with Gasteiger partial charge in [0.05, 0.1) is 10.4 Å². The predicted molar refractivity (Wildman–Crippen MR) is 91.1 cm³/mol. The van der Waals surface area contributed by atoms with Gasteiger partial charge in [0.15, 0.2) is 0 Å². The monoisotopic (exact) mass is 338 g/mol. The third-order valence-electron chi connectivity index (χ3n) is 3.71. The molecular formula is C18H14N2O5. The number of ether oxygens (including phenoxy) is 1. The molecule has 0 unspecified atom stereocenters. The summed E-state index contributed by atoms with van der Waals surface area (Å²) in [5.41, 5.74) is 0.828. The Hall–Kier alpha value is -3.48. The van der Waals surface area contributed by atoms with E-state index in [0.29, 0.717) is 10.9 Å². The first-order valence-corrected chi connectivity index (χ1v) is 7.52. The van der Waals surface area contributed by atoms with Crippen molar-refractivity contribution in [3.05, 3.63) is 86.7 Å². The molecule has 0 radical (unpaired) electrons. The van der Waals surface area contributed by atoms with Crippen LogP contribution >= 0.6 is 0 Å². The molecule has 25 heavy (non-hydrogen) atoms. The van der Waals surface area contributed by atoms with Gasteiger partial charge in [-0.2, -0.15) is 0 Å². The second-order valence-corrected chi connectivity index (χ2v) is 5.40. The number of nitrogens with zero attached hydrogens (tertiary/aromatic N) is 2. The molecule has 1 heterocycles. The van der Waals surface area contributed by atoms with Gasteiger partial charge in [-0.05, 0) is 17.7 Å². The highest BCUT2D eigenvalue weighted by Gasteiger charge is 2.12. The lowest BCUT2D eigenvalue weighted by atomic mass is 10.2. The van der Waals surface area contributed by atoms with Crippen molar-refractivity contribution in [2.75, 3.05) is 0 Å². The summed E-state index contributed by atoms with van der Waals surface area (Å²) >= 11 is 0. The molecule has 126 valence electrons. The minimum Gasteiger partial charge on any atom is -0.459 e. The third kappa shape index (κ3) is 3.72. The molecule has 0 saturated heterocycles. The molecule has 3 aromatic rings. The molecule has 0 aliphatic rings. The molecule has 0 aliphatic heterocycles. The Morgan fingerprint density at radius 2 is 1.84 bits per heavy atom. The number of hydrogen-bond acceptors (Lipinski definition) is 5. The van der Waals surface area contributed by atoms with Crippen molar-refractivity contribution >= 4 is 22.6 Å². The van der Waals surface area contributed by atoms with Crippen LogP contribution in [0.5, 0.6) is 0 Å². The molecule has 0 N–H and O–H groups in total. The minimum absolute atomic E-state index is 0.0793. The van der Waals surface area contributed by atoms with Crippen molar-refractivity contribution in [1.29, 1.82) is 0 Å². The van der Waals surface area contributed by atoms with E-state index in [4.69, 9.17) is 4.74 Å². The maximum absolute atomic E-state index is 12.1. The van der Waals surface area contributed by atoms with Crippen molar-refractivity contribution in [3.63, 3.8) is 0 Å². The van der Waals surface area contributed by atoms with Gasteiger partial charge in [-0.15, -0.1) is 0 Å². The molecule has 0 bridgehead atoms. The van der Waals surface area contributed by atoms with Gasteiger partial charge in [0.1, 0.15) is 13.2 Å². The number of hydrogen-bond donors (Lipinski definition) is 0. The molecule has 0 aliphatic carbocycles. The van der Waals surface area contributed by atoms with Crippen molar-refractivity contribution in [2.45, 2.75) is 13.2 Å². The summed E-state index contributed by atoms with van der Waals surface area (Å²) in [4.78, 5) is 34.5. The third-order valence-corrected chi connectivity index (χ3v) is 3.71. The number of rotatable bonds is 5. The second-order valence-electron chi connectivity index (χ2n) is 5.40. The van der Waals surface area contributed by atoms with Gasteiger partial charge in [0.25, 0.3) is 11.2 Å². The number of pyridine rings is 1. The Bertz CT molecular complexity index is 995. The number of benzene rings is 2. The Labute approximate surface area is 142 Å². The van der Waals surface area contributed by atoms with E-state index in [0.717, 1.165) is 5.56 Å². The highest BCUT2D eigenvalue weighted by molar-refractivity contribution is 5.82. The zero-order chi connectivity index (χ0) is 17.8. The first-order chi connectivity index (χ1) is 12.0. The number of carbonyl (C=O) groups is 1. The van der Waals surface area contributed by atoms with Crippen LogP contribution in [0, 0.1) is 10.1 Å². The smallest absolute Gasteiger partial charge is 0.326 e. The highest BCUT2D eigenvalue weighted by Crippen LogP contribution is 2.19. The van der Waals surface area contributed by atoms with Crippen LogP contribution in [-0.2, 0) is 22.7 Å². The summed E-state index contributed by atoms with van der Waals surface area (Å²) < 4.78 is 6.43. The molecule has 7 nitrogen and oxygen atoms in total. The SMILES string of the molecule is O=C(Cn1c(=O)ccc2cc([N+](=O)[O-])ccc21)OCc1ccccc1. The predicted octanol–water partition coefficient (Wildman–Crippen LogP) is 2.65. The van der Waals surface area contributed by atoms with Crippen molar-refractivity contribution in [1.82, 2.24) is 4.57 Å². The van der Waals surface area contributed by atoms with E-state index < -0.39 is 10.9 Å². The summed E-state index contributed by atoms with van der Waals surface area (Å²) in [7, 11) is 0. The van der Waals surface area contributed by atoms with E-state index in [9.17, 15) is 19.7 Å². The lowest BCUT2D eigenvalue weighted by molar-refractivity contribution is -0.384.